The number of hydrogen-bond acceptors (Lipinski definition) is 5. The van der Waals surface area contributed by atoms with Crippen LogP contribution >= 0.6 is 11.6 Å². The SMILES string of the molecule is CCOCc1c(C(=O)O[C@@H](C)C(=O)Nc2cccc(Cl)c2C)oc2ccccc12. The summed E-state index contributed by atoms with van der Waals surface area (Å²) in [4.78, 5) is 25.2. The number of ether oxygens (including phenoxy) is 2. The van der Waals surface area contributed by atoms with Crippen molar-refractivity contribution in [2.75, 3.05) is 11.9 Å². The van der Waals surface area contributed by atoms with Crippen LogP contribution in [0, 0.1) is 6.92 Å². The minimum Gasteiger partial charge on any atom is -0.449 e. The number of carbonyl (C=O) groups is 2. The van der Waals surface area contributed by atoms with E-state index in [-0.39, 0.29) is 12.4 Å². The number of furan rings is 1. The van der Waals surface area contributed by atoms with E-state index in [1.165, 1.54) is 6.92 Å². The molecule has 1 aromatic heterocycles. The van der Waals surface area contributed by atoms with E-state index in [0.29, 0.717) is 28.5 Å². The topological polar surface area (TPSA) is 77.8 Å². The molecule has 0 saturated carbocycles. The number of anilines is 1. The highest BCUT2D eigenvalue weighted by atomic mass is 35.5. The normalized spacial score (nSPS) is 12.0. The predicted octanol–water partition coefficient (Wildman–Crippen LogP) is 5.12. The second-order valence-electron chi connectivity index (χ2n) is 6.49. The molecule has 6 nitrogen and oxygen atoms in total. The van der Waals surface area contributed by atoms with Gasteiger partial charge < -0.3 is 19.2 Å². The first-order chi connectivity index (χ1) is 13.9. The lowest BCUT2D eigenvalue weighted by Gasteiger charge is -2.15. The number of benzene rings is 2. The van der Waals surface area contributed by atoms with Crippen molar-refractivity contribution in [1.82, 2.24) is 0 Å². The Kier molecular flexibility index (Phi) is 6.56. The molecular formula is C22H22ClNO5. The number of para-hydroxylation sites is 1. The minimum absolute atomic E-state index is 0.0400. The molecule has 0 aliphatic carbocycles. The Hall–Kier alpha value is -2.83. The molecule has 152 valence electrons. The molecule has 1 atom stereocenters. The molecule has 1 amide bonds. The Balaban J connectivity index is 1.77. The van der Waals surface area contributed by atoms with Crippen molar-refractivity contribution in [2.24, 2.45) is 0 Å². The molecule has 0 spiro atoms. The van der Waals surface area contributed by atoms with Gasteiger partial charge >= 0.3 is 5.97 Å². The van der Waals surface area contributed by atoms with Crippen LogP contribution in [0.15, 0.2) is 46.9 Å². The largest absolute Gasteiger partial charge is 0.449 e. The molecule has 0 fully saturated rings. The molecule has 2 aromatic carbocycles. The molecule has 3 aromatic rings. The van der Waals surface area contributed by atoms with Crippen molar-refractivity contribution in [3.8, 4) is 0 Å². The van der Waals surface area contributed by atoms with Crippen LogP contribution in [0.5, 0.6) is 0 Å². The highest BCUT2D eigenvalue weighted by molar-refractivity contribution is 6.31. The third-order valence-electron chi connectivity index (χ3n) is 4.51. The molecule has 0 radical (unpaired) electrons. The standard InChI is InChI=1S/C22H22ClNO5/c1-4-27-12-16-15-8-5-6-11-19(15)29-20(16)22(26)28-14(3)21(25)24-18-10-7-9-17(23)13(18)2/h5-11,14H,4,12H2,1-3H3,(H,24,25)/t14-/m0/s1. The van der Waals surface area contributed by atoms with E-state index in [1.807, 2.05) is 25.1 Å². The summed E-state index contributed by atoms with van der Waals surface area (Å²) in [5.41, 5.74) is 2.45. The maximum Gasteiger partial charge on any atom is 0.375 e. The smallest absolute Gasteiger partial charge is 0.375 e. The van der Waals surface area contributed by atoms with Crippen LogP contribution in [-0.2, 0) is 20.9 Å². The number of halogens is 1. The van der Waals surface area contributed by atoms with Gasteiger partial charge in [-0.2, -0.15) is 0 Å². The van der Waals surface area contributed by atoms with Crippen molar-refractivity contribution in [1.29, 1.82) is 0 Å². The van der Waals surface area contributed by atoms with Gasteiger partial charge in [-0.1, -0.05) is 35.9 Å². The van der Waals surface area contributed by atoms with E-state index in [9.17, 15) is 9.59 Å². The molecule has 0 saturated heterocycles. The molecule has 0 bridgehead atoms. The molecule has 0 unspecified atom stereocenters. The Morgan fingerprint density at radius 1 is 1.17 bits per heavy atom. The summed E-state index contributed by atoms with van der Waals surface area (Å²) in [5, 5.41) is 4.04. The van der Waals surface area contributed by atoms with Crippen molar-refractivity contribution >= 4 is 40.1 Å². The Morgan fingerprint density at radius 2 is 1.93 bits per heavy atom. The molecule has 29 heavy (non-hydrogen) atoms. The van der Waals surface area contributed by atoms with Crippen LogP contribution in [0.1, 0.15) is 35.5 Å². The van der Waals surface area contributed by atoms with Gasteiger partial charge in [-0.25, -0.2) is 4.79 Å². The van der Waals surface area contributed by atoms with Crippen LogP contribution in [0.3, 0.4) is 0 Å². The fraction of sp³-hybridized carbons (Fsp3) is 0.273. The lowest BCUT2D eigenvalue weighted by atomic mass is 10.1. The summed E-state index contributed by atoms with van der Waals surface area (Å²) in [6.45, 7) is 5.86. The monoisotopic (exact) mass is 415 g/mol. The molecule has 1 N–H and O–H groups in total. The highest BCUT2D eigenvalue weighted by Crippen LogP contribution is 2.28. The zero-order chi connectivity index (χ0) is 21.0. The van der Waals surface area contributed by atoms with E-state index in [1.54, 1.807) is 31.2 Å². The first-order valence-corrected chi connectivity index (χ1v) is 9.65. The van der Waals surface area contributed by atoms with E-state index < -0.39 is 18.0 Å². The van der Waals surface area contributed by atoms with Gasteiger partial charge in [-0.05, 0) is 44.5 Å². The van der Waals surface area contributed by atoms with Crippen LogP contribution < -0.4 is 5.32 Å². The summed E-state index contributed by atoms with van der Waals surface area (Å²) in [5.74, 6) is -1.15. The Labute approximate surface area is 173 Å². The number of carbonyl (C=O) groups excluding carboxylic acids is 2. The lowest BCUT2D eigenvalue weighted by Crippen LogP contribution is -2.30. The summed E-state index contributed by atoms with van der Waals surface area (Å²) in [7, 11) is 0. The third kappa shape index (κ3) is 4.60. The van der Waals surface area contributed by atoms with Crippen molar-refractivity contribution in [3.05, 3.63) is 64.4 Å². The zero-order valence-electron chi connectivity index (χ0n) is 16.5. The fourth-order valence-corrected chi connectivity index (χ4v) is 3.03. The van der Waals surface area contributed by atoms with Crippen molar-refractivity contribution < 1.29 is 23.5 Å². The summed E-state index contributed by atoms with van der Waals surface area (Å²) < 4.78 is 16.5. The first kappa shape index (κ1) is 20.9. The molecule has 0 aliphatic heterocycles. The Morgan fingerprint density at radius 3 is 2.69 bits per heavy atom. The average Bonchev–Trinajstić information content (AvgIpc) is 3.08. The fourth-order valence-electron chi connectivity index (χ4n) is 2.86. The second kappa shape index (κ2) is 9.11. The quantitative estimate of drug-likeness (QED) is 0.542. The van der Waals surface area contributed by atoms with E-state index in [2.05, 4.69) is 5.32 Å². The maximum atomic E-state index is 12.7. The van der Waals surface area contributed by atoms with Gasteiger partial charge in [0.2, 0.25) is 5.76 Å². The molecular weight excluding hydrogens is 394 g/mol. The molecule has 7 heteroatoms. The Bertz CT molecular complexity index is 1040. The molecule has 1 heterocycles. The van der Waals surface area contributed by atoms with Crippen LogP contribution in [0.4, 0.5) is 5.69 Å². The maximum absolute atomic E-state index is 12.7. The predicted molar refractivity (Wildman–Crippen MR) is 111 cm³/mol. The van der Waals surface area contributed by atoms with E-state index >= 15 is 0 Å². The van der Waals surface area contributed by atoms with E-state index in [4.69, 9.17) is 25.5 Å². The minimum atomic E-state index is -1.03. The number of hydrogen-bond donors (Lipinski definition) is 1. The average molecular weight is 416 g/mol. The number of rotatable bonds is 7. The van der Waals surface area contributed by atoms with Gasteiger partial charge in [0.1, 0.15) is 5.58 Å². The van der Waals surface area contributed by atoms with Gasteiger partial charge in [-0.15, -0.1) is 0 Å². The zero-order valence-corrected chi connectivity index (χ0v) is 17.2. The van der Waals surface area contributed by atoms with Gasteiger partial charge in [0.05, 0.1) is 6.61 Å². The summed E-state index contributed by atoms with van der Waals surface area (Å²) >= 11 is 6.08. The van der Waals surface area contributed by atoms with Crippen molar-refractivity contribution in [2.45, 2.75) is 33.5 Å². The number of fused-ring (bicyclic) bond motifs is 1. The van der Waals surface area contributed by atoms with Gasteiger partial charge in [0, 0.05) is 28.3 Å². The number of esters is 1. The van der Waals surface area contributed by atoms with Gasteiger partial charge in [0.15, 0.2) is 6.10 Å². The van der Waals surface area contributed by atoms with Gasteiger partial charge in [-0.3, -0.25) is 4.79 Å². The second-order valence-corrected chi connectivity index (χ2v) is 6.90. The van der Waals surface area contributed by atoms with Crippen LogP contribution in [-0.4, -0.2) is 24.6 Å². The van der Waals surface area contributed by atoms with Crippen LogP contribution in [0.2, 0.25) is 5.02 Å². The third-order valence-corrected chi connectivity index (χ3v) is 4.92. The van der Waals surface area contributed by atoms with Gasteiger partial charge in [0.25, 0.3) is 5.91 Å². The number of nitrogens with one attached hydrogen (secondary N) is 1. The summed E-state index contributed by atoms with van der Waals surface area (Å²) in [6.07, 6.45) is -1.03. The summed E-state index contributed by atoms with van der Waals surface area (Å²) in [6, 6.07) is 12.5. The molecule has 0 aliphatic rings. The van der Waals surface area contributed by atoms with Crippen LogP contribution in [0.25, 0.3) is 11.0 Å². The molecule has 3 rings (SSSR count). The number of amides is 1. The lowest BCUT2D eigenvalue weighted by molar-refractivity contribution is -0.123. The highest BCUT2D eigenvalue weighted by Gasteiger charge is 2.26. The van der Waals surface area contributed by atoms with Crippen molar-refractivity contribution in [3.63, 3.8) is 0 Å². The first-order valence-electron chi connectivity index (χ1n) is 9.27. The van der Waals surface area contributed by atoms with E-state index in [0.717, 1.165) is 10.9 Å².